The fraction of sp³-hybridized carbons (Fsp3) is 0.0952. The summed E-state index contributed by atoms with van der Waals surface area (Å²) in [6.07, 6.45) is 1.68. The van der Waals surface area contributed by atoms with Crippen LogP contribution in [0, 0.1) is 0 Å². The van der Waals surface area contributed by atoms with Gasteiger partial charge in [-0.05, 0) is 42.0 Å². The summed E-state index contributed by atoms with van der Waals surface area (Å²) in [5.74, 6) is 1.05. The van der Waals surface area contributed by atoms with Crippen LogP contribution in [0.15, 0.2) is 73.1 Å². The van der Waals surface area contributed by atoms with Gasteiger partial charge in [-0.15, -0.1) is 0 Å². The Morgan fingerprint density at radius 2 is 1.85 bits per heavy atom. The number of ether oxygens (including phenoxy) is 1. The highest BCUT2D eigenvalue weighted by Crippen LogP contribution is 2.33. The van der Waals surface area contributed by atoms with Gasteiger partial charge in [0.2, 0.25) is 0 Å². The molecule has 3 aromatic carbocycles. The highest BCUT2D eigenvalue weighted by atomic mass is 16.5. The van der Waals surface area contributed by atoms with Gasteiger partial charge in [0.05, 0.1) is 30.5 Å². The maximum absolute atomic E-state index is 10.4. The van der Waals surface area contributed by atoms with Gasteiger partial charge in [0.15, 0.2) is 0 Å². The summed E-state index contributed by atoms with van der Waals surface area (Å²) in [7, 11) is 1.65. The molecule has 130 valence electrons. The van der Waals surface area contributed by atoms with Crippen LogP contribution in [0.1, 0.15) is 17.2 Å². The number of phenols is 1. The lowest BCUT2D eigenvalue weighted by atomic mass is 9.97. The van der Waals surface area contributed by atoms with Crippen LogP contribution in [-0.2, 0) is 0 Å². The van der Waals surface area contributed by atoms with Gasteiger partial charge in [-0.3, -0.25) is 0 Å². The van der Waals surface area contributed by atoms with Crippen molar-refractivity contribution in [1.82, 2.24) is 9.97 Å². The average Bonchev–Trinajstić information content (AvgIpc) is 3.15. The van der Waals surface area contributed by atoms with E-state index in [-0.39, 0.29) is 11.8 Å². The molecular weight excluding hydrogens is 326 g/mol. The zero-order valence-electron chi connectivity index (χ0n) is 14.3. The van der Waals surface area contributed by atoms with E-state index in [1.54, 1.807) is 19.5 Å². The van der Waals surface area contributed by atoms with Crippen LogP contribution in [0.4, 0.5) is 5.69 Å². The molecule has 0 radical (unpaired) electrons. The lowest BCUT2D eigenvalue weighted by Crippen LogP contribution is -2.12. The smallest absolute Gasteiger partial charge is 0.121 e. The Labute approximate surface area is 151 Å². The SMILES string of the molecule is COc1ccc(C(Nc2ccc3nc[nH]c3c2)c2ccccc2O)cc1. The first-order chi connectivity index (χ1) is 12.7. The number of nitrogens with zero attached hydrogens (tertiary/aromatic N) is 1. The van der Waals surface area contributed by atoms with E-state index in [9.17, 15) is 5.11 Å². The quantitative estimate of drug-likeness (QED) is 0.499. The molecule has 1 unspecified atom stereocenters. The number of H-pyrrole nitrogens is 1. The van der Waals surface area contributed by atoms with Crippen LogP contribution in [0.25, 0.3) is 11.0 Å². The highest BCUT2D eigenvalue weighted by molar-refractivity contribution is 5.79. The molecule has 26 heavy (non-hydrogen) atoms. The first-order valence-corrected chi connectivity index (χ1v) is 8.36. The summed E-state index contributed by atoms with van der Waals surface area (Å²) in [4.78, 5) is 7.37. The molecule has 4 rings (SSSR count). The molecule has 5 heteroatoms. The number of phenolic OH excluding ortho intramolecular Hbond substituents is 1. The molecule has 0 aliphatic heterocycles. The Morgan fingerprint density at radius 3 is 2.62 bits per heavy atom. The maximum Gasteiger partial charge on any atom is 0.121 e. The van der Waals surface area contributed by atoms with Crippen molar-refractivity contribution in [3.05, 3.63) is 84.2 Å². The fourth-order valence-electron chi connectivity index (χ4n) is 3.06. The third kappa shape index (κ3) is 3.07. The van der Waals surface area contributed by atoms with Crippen molar-refractivity contribution in [3.63, 3.8) is 0 Å². The van der Waals surface area contributed by atoms with E-state index in [1.165, 1.54) is 0 Å². The van der Waals surface area contributed by atoms with Crippen molar-refractivity contribution in [2.24, 2.45) is 0 Å². The maximum atomic E-state index is 10.4. The number of rotatable bonds is 5. The monoisotopic (exact) mass is 345 g/mol. The number of aromatic nitrogens is 2. The molecule has 1 aromatic heterocycles. The van der Waals surface area contributed by atoms with Crippen LogP contribution < -0.4 is 10.1 Å². The van der Waals surface area contributed by atoms with Gasteiger partial charge in [-0.2, -0.15) is 0 Å². The molecule has 3 N–H and O–H groups in total. The molecule has 0 saturated carbocycles. The number of hydrogen-bond donors (Lipinski definition) is 3. The average molecular weight is 345 g/mol. The van der Waals surface area contributed by atoms with Crippen LogP contribution in [0.5, 0.6) is 11.5 Å². The number of aromatic hydroxyl groups is 1. The van der Waals surface area contributed by atoms with Crippen molar-refractivity contribution in [3.8, 4) is 11.5 Å². The van der Waals surface area contributed by atoms with E-state index in [0.29, 0.717) is 0 Å². The van der Waals surface area contributed by atoms with E-state index in [4.69, 9.17) is 4.74 Å². The second-order valence-electron chi connectivity index (χ2n) is 6.04. The van der Waals surface area contributed by atoms with Crippen molar-refractivity contribution in [1.29, 1.82) is 0 Å². The lowest BCUT2D eigenvalue weighted by molar-refractivity contribution is 0.414. The fourth-order valence-corrected chi connectivity index (χ4v) is 3.06. The van der Waals surface area contributed by atoms with E-state index in [0.717, 1.165) is 33.6 Å². The van der Waals surface area contributed by atoms with Gasteiger partial charge in [0, 0.05) is 11.3 Å². The first-order valence-electron chi connectivity index (χ1n) is 8.36. The van der Waals surface area contributed by atoms with Crippen LogP contribution in [-0.4, -0.2) is 22.2 Å². The Balaban J connectivity index is 1.75. The molecule has 0 saturated heterocycles. The third-order valence-corrected chi connectivity index (χ3v) is 4.43. The number of fused-ring (bicyclic) bond motifs is 1. The molecule has 0 fully saturated rings. The molecule has 0 bridgehead atoms. The predicted octanol–water partition coefficient (Wildman–Crippen LogP) is 4.48. The van der Waals surface area contributed by atoms with Gasteiger partial charge in [-0.25, -0.2) is 4.98 Å². The zero-order valence-corrected chi connectivity index (χ0v) is 14.3. The molecule has 1 atom stereocenters. The second kappa shape index (κ2) is 6.80. The van der Waals surface area contributed by atoms with Crippen LogP contribution in [0.2, 0.25) is 0 Å². The Bertz CT molecular complexity index is 1020. The number of imidazole rings is 1. The van der Waals surface area contributed by atoms with Gasteiger partial charge in [0.25, 0.3) is 0 Å². The highest BCUT2D eigenvalue weighted by Gasteiger charge is 2.18. The van der Waals surface area contributed by atoms with E-state index >= 15 is 0 Å². The summed E-state index contributed by atoms with van der Waals surface area (Å²) >= 11 is 0. The van der Waals surface area contributed by atoms with Crippen molar-refractivity contribution < 1.29 is 9.84 Å². The summed E-state index contributed by atoms with van der Waals surface area (Å²) in [5, 5.41) is 13.9. The molecule has 5 nitrogen and oxygen atoms in total. The summed E-state index contributed by atoms with van der Waals surface area (Å²) in [5.41, 5.74) is 4.64. The number of nitrogens with one attached hydrogen (secondary N) is 2. The standard InChI is InChI=1S/C21H19N3O2/c1-26-16-9-6-14(7-10-16)21(17-4-2-3-5-20(17)25)24-15-8-11-18-19(12-15)23-13-22-18/h2-13,21,24-25H,1H3,(H,22,23). The molecule has 1 heterocycles. The minimum atomic E-state index is -0.206. The minimum Gasteiger partial charge on any atom is -0.508 e. The van der Waals surface area contributed by atoms with Gasteiger partial charge < -0.3 is 20.1 Å². The Hall–Kier alpha value is -3.47. The number of para-hydroxylation sites is 1. The molecule has 0 aliphatic carbocycles. The van der Waals surface area contributed by atoms with Crippen molar-refractivity contribution in [2.45, 2.75) is 6.04 Å². The molecular formula is C21H19N3O2. The lowest BCUT2D eigenvalue weighted by Gasteiger charge is -2.22. The second-order valence-corrected chi connectivity index (χ2v) is 6.04. The molecule has 0 amide bonds. The largest absolute Gasteiger partial charge is 0.508 e. The van der Waals surface area contributed by atoms with E-state index in [2.05, 4.69) is 15.3 Å². The number of benzene rings is 3. The summed E-state index contributed by atoms with van der Waals surface area (Å²) in [6.45, 7) is 0. The number of aromatic amines is 1. The first kappa shape index (κ1) is 16.0. The molecule has 0 aliphatic rings. The van der Waals surface area contributed by atoms with Crippen LogP contribution in [0.3, 0.4) is 0 Å². The van der Waals surface area contributed by atoms with Gasteiger partial charge >= 0.3 is 0 Å². The predicted molar refractivity (Wildman–Crippen MR) is 103 cm³/mol. The molecule has 0 spiro atoms. The summed E-state index contributed by atoms with van der Waals surface area (Å²) in [6, 6.07) is 21.0. The third-order valence-electron chi connectivity index (χ3n) is 4.43. The number of methoxy groups -OCH3 is 1. The Kier molecular flexibility index (Phi) is 4.19. The van der Waals surface area contributed by atoms with Gasteiger partial charge in [0.1, 0.15) is 11.5 Å². The zero-order chi connectivity index (χ0) is 17.9. The minimum absolute atomic E-state index is 0.206. The number of hydrogen-bond acceptors (Lipinski definition) is 4. The normalized spacial score (nSPS) is 12.0. The molecule has 4 aromatic rings. The topological polar surface area (TPSA) is 70.2 Å². The van der Waals surface area contributed by atoms with E-state index in [1.807, 2.05) is 60.7 Å². The Morgan fingerprint density at radius 1 is 1.04 bits per heavy atom. The van der Waals surface area contributed by atoms with Crippen molar-refractivity contribution in [2.75, 3.05) is 12.4 Å². The van der Waals surface area contributed by atoms with Crippen LogP contribution >= 0.6 is 0 Å². The summed E-state index contributed by atoms with van der Waals surface area (Å²) < 4.78 is 5.26. The van der Waals surface area contributed by atoms with E-state index < -0.39 is 0 Å². The van der Waals surface area contributed by atoms with Gasteiger partial charge in [-0.1, -0.05) is 30.3 Å². The number of anilines is 1. The van der Waals surface area contributed by atoms with Crippen molar-refractivity contribution >= 4 is 16.7 Å².